The lowest BCUT2D eigenvalue weighted by molar-refractivity contribution is -0.117. The van der Waals surface area contributed by atoms with Gasteiger partial charge in [0.15, 0.2) is 11.5 Å². The Morgan fingerprint density at radius 1 is 1.55 bits per heavy atom. The van der Waals surface area contributed by atoms with Crippen molar-refractivity contribution in [3.63, 3.8) is 0 Å². The number of carbonyl (C=O) groups is 1. The van der Waals surface area contributed by atoms with E-state index in [0.717, 1.165) is 32.8 Å². The summed E-state index contributed by atoms with van der Waals surface area (Å²) in [6.07, 6.45) is 4.61. The number of halogens is 1. The normalized spacial score (nSPS) is 12.2. The molecular formula is C17H20FN9OS. The van der Waals surface area contributed by atoms with Crippen LogP contribution in [0.25, 0.3) is 10.3 Å². The Morgan fingerprint density at radius 2 is 2.31 bits per heavy atom. The Kier molecular flexibility index (Phi) is 5.73. The SMILES string of the molecule is Cc1c(/C=N\N(C=O)CC(=N)/C(N)=C\N)c2sc(Cc3n[nH]cc3F)nc2n1C. The molecule has 0 saturated heterocycles. The average molecular weight is 417 g/mol. The maximum absolute atomic E-state index is 13.7. The van der Waals surface area contributed by atoms with Gasteiger partial charge in [-0.15, -0.1) is 11.3 Å². The quantitative estimate of drug-likeness (QED) is 0.244. The van der Waals surface area contributed by atoms with Gasteiger partial charge in [0.1, 0.15) is 10.7 Å². The highest BCUT2D eigenvalue weighted by molar-refractivity contribution is 7.19. The first-order valence-corrected chi connectivity index (χ1v) is 9.31. The van der Waals surface area contributed by atoms with Crippen LogP contribution in [0.5, 0.6) is 0 Å². The molecule has 0 aromatic carbocycles. The van der Waals surface area contributed by atoms with E-state index in [1.54, 1.807) is 6.21 Å². The zero-order chi connectivity index (χ0) is 21.1. The number of aromatic amines is 1. The standard InChI is InChI=1S/C17H20FN9OS/c1-9-10(5-23-27(8-28)7-13(21)12(20)4-19)16-17(26(9)2)24-15(29-16)3-14-11(18)6-22-25-14/h4-6,8,21H,3,7,19-20H2,1-2H3,(H,22,25)/b12-4+,21-13?,23-5-. The van der Waals surface area contributed by atoms with Crippen LogP contribution in [-0.2, 0) is 18.3 Å². The number of aryl methyl sites for hydroxylation is 1. The summed E-state index contributed by atoms with van der Waals surface area (Å²) in [5.74, 6) is -0.405. The van der Waals surface area contributed by atoms with E-state index in [0.29, 0.717) is 17.1 Å². The van der Waals surface area contributed by atoms with Gasteiger partial charge in [0.2, 0.25) is 6.41 Å². The fraction of sp³-hybridized carbons (Fsp3) is 0.235. The number of H-pyrrole nitrogens is 1. The monoisotopic (exact) mass is 417 g/mol. The number of fused-ring (bicyclic) bond motifs is 1. The minimum atomic E-state index is -0.405. The van der Waals surface area contributed by atoms with Crippen LogP contribution in [0.15, 0.2) is 23.2 Å². The van der Waals surface area contributed by atoms with Gasteiger partial charge in [0.25, 0.3) is 0 Å². The lowest BCUT2D eigenvalue weighted by Gasteiger charge is -2.11. The maximum atomic E-state index is 13.7. The number of hydrogen-bond acceptors (Lipinski definition) is 8. The molecule has 0 bridgehead atoms. The predicted molar refractivity (Wildman–Crippen MR) is 109 cm³/mol. The number of amides is 1. The van der Waals surface area contributed by atoms with E-state index in [1.807, 2.05) is 18.5 Å². The Labute approximate surface area is 169 Å². The van der Waals surface area contributed by atoms with Crippen LogP contribution < -0.4 is 11.5 Å². The number of thiazole rings is 1. The summed E-state index contributed by atoms with van der Waals surface area (Å²) in [5.41, 5.74) is 13.6. The topological polar surface area (TPSA) is 155 Å². The largest absolute Gasteiger partial charge is 0.403 e. The first-order chi connectivity index (χ1) is 13.8. The van der Waals surface area contributed by atoms with Gasteiger partial charge in [-0.2, -0.15) is 10.2 Å². The minimum absolute atomic E-state index is 0.0206. The van der Waals surface area contributed by atoms with Gasteiger partial charge in [0.05, 0.1) is 35.1 Å². The zero-order valence-corrected chi connectivity index (χ0v) is 16.6. The molecule has 29 heavy (non-hydrogen) atoms. The molecule has 10 nitrogen and oxygen atoms in total. The van der Waals surface area contributed by atoms with Crippen molar-refractivity contribution in [3.05, 3.63) is 45.9 Å². The van der Waals surface area contributed by atoms with E-state index in [9.17, 15) is 9.18 Å². The molecule has 152 valence electrons. The zero-order valence-electron chi connectivity index (χ0n) is 15.8. The molecule has 0 unspecified atom stereocenters. The van der Waals surface area contributed by atoms with Gasteiger partial charge in [-0.05, 0) is 6.92 Å². The molecule has 3 rings (SSSR count). The van der Waals surface area contributed by atoms with Crippen LogP contribution in [0.1, 0.15) is 22.0 Å². The van der Waals surface area contributed by atoms with Crippen molar-refractivity contribution in [2.45, 2.75) is 13.3 Å². The number of hydrazone groups is 1. The molecule has 0 aliphatic rings. The number of hydrogen-bond donors (Lipinski definition) is 4. The van der Waals surface area contributed by atoms with Crippen LogP contribution >= 0.6 is 11.3 Å². The summed E-state index contributed by atoms with van der Waals surface area (Å²) in [6.45, 7) is 1.80. The highest BCUT2D eigenvalue weighted by Gasteiger charge is 2.18. The van der Waals surface area contributed by atoms with E-state index in [1.165, 1.54) is 17.5 Å². The Hall–Kier alpha value is -3.54. The maximum Gasteiger partial charge on any atom is 0.230 e. The molecule has 3 aromatic heterocycles. The second-order valence-corrected chi connectivity index (χ2v) is 7.31. The molecule has 0 aliphatic carbocycles. The van der Waals surface area contributed by atoms with E-state index >= 15 is 0 Å². The summed E-state index contributed by atoms with van der Waals surface area (Å²) < 4.78 is 16.4. The number of nitrogens with one attached hydrogen (secondary N) is 2. The molecule has 12 heteroatoms. The van der Waals surface area contributed by atoms with Gasteiger partial charge in [0, 0.05) is 30.9 Å². The van der Waals surface area contributed by atoms with Crippen LogP contribution in [0.4, 0.5) is 4.39 Å². The number of nitrogens with two attached hydrogens (primary N) is 2. The third kappa shape index (κ3) is 4.01. The van der Waals surface area contributed by atoms with Crippen molar-refractivity contribution in [3.8, 4) is 0 Å². The summed E-state index contributed by atoms with van der Waals surface area (Å²) in [4.78, 5) is 15.9. The lowest BCUT2D eigenvalue weighted by Crippen LogP contribution is -2.27. The van der Waals surface area contributed by atoms with E-state index in [4.69, 9.17) is 16.9 Å². The van der Waals surface area contributed by atoms with E-state index in [-0.39, 0.29) is 24.4 Å². The van der Waals surface area contributed by atoms with Gasteiger partial charge in [-0.1, -0.05) is 0 Å². The third-order valence-electron chi connectivity index (χ3n) is 4.40. The Bertz CT molecular complexity index is 1120. The molecule has 0 radical (unpaired) electrons. The number of aromatic nitrogens is 4. The fourth-order valence-corrected chi connectivity index (χ4v) is 3.81. The van der Waals surface area contributed by atoms with Crippen molar-refractivity contribution >= 4 is 40.0 Å². The lowest BCUT2D eigenvalue weighted by atomic mass is 10.3. The average Bonchev–Trinajstić information content (AvgIpc) is 3.36. The molecule has 6 N–H and O–H groups in total. The van der Waals surface area contributed by atoms with Crippen molar-refractivity contribution in [1.29, 1.82) is 5.41 Å². The highest BCUT2D eigenvalue weighted by atomic mass is 32.1. The predicted octanol–water partition coefficient (Wildman–Crippen LogP) is 0.967. The summed E-state index contributed by atoms with van der Waals surface area (Å²) in [7, 11) is 1.87. The molecule has 1 amide bonds. The number of carbonyl (C=O) groups excluding carboxylic acids is 1. The second kappa shape index (κ2) is 8.22. The van der Waals surface area contributed by atoms with Gasteiger partial charge in [-0.3, -0.25) is 9.89 Å². The summed E-state index contributed by atoms with van der Waals surface area (Å²) >= 11 is 1.41. The van der Waals surface area contributed by atoms with E-state index in [2.05, 4.69) is 20.3 Å². The smallest absolute Gasteiger partial charge is 0.230 e. The van der Waals surface area contributed by atoms with Gasteiger partial charge >= 0.3 is 0 Å². The molecule has 0 fully saturated rings. The van der Waals surface area contributed by atoms with Crippen molar-refractivity contribution < 1.29 is 9.18 Å². The van der Waals surface area contributed by atoms with Crippen LogP contribution in [0, 0.1) is 18.2 Å². The van der Waals surface area contributed by atoms with Crippen molar-refractivity contribution in [1.82, 2.24) is 24.8 Å². The minimum Gasteiger partial charge on any atom is -0.403 e. The number of rotatable bonds is 8. The molecule has 0 atom stereocenters. The fourth-order valence-electron chi connectivity index (χ4n) is 2.65. The number of nitrogens with zero attached hydrogens (tertiary/aromatic N) is 5. The molecule has 3 aromatic rings. The Morgan fingerprint density at radius 3 is 2.93 bits per heavy atom. The first-order valence-electron chi connectivity index (χ1n) is 8.49. The van der Waals surface area contributed by atoms with Gasteiger partial charge < -0.3 is 21.4 Å². The van der Waals surface area contributed by atoms with Crippen molar-refractivity contribution in [2.24, 2.45) is 23.6 Å². The first kappa shape index (κ1) is 20.2. The molecule has 0 spiro atoms. The molecular weight excluding hydrogens is 397 g/mol. The van der Waals surface area contributed by atoms with Crippen LogP contribution in [-0.4, -0.2) is 49.6 Å². The molecule has 0 saturated carbocycles. The molecule has 0 aliphatic heterocycles. The summed E-state index contributed by atoms with van der Waals surface area (Å²) in [6, 6.07) is 0. The Balaban J connectivity index is 1.89. The molecule has 3 heterocycles. The van der Waals surface area contributed by atoms with Crippen LogP contribution in [0.3, 0.4) is 0 Å². The van der Waals surface area contributed by atoms with Crippen LogP contribution in [0.2, 0.25) is 0 Å². The van der Waals surface area contributed by atoms with Gasteiger partial charge in [-0.25, -0.2) is 14.4 Å². The third-order valence-corrected chi connectivity index (χ3v) is 5.48. The summed E-state index contributed by atoms with van der Waals surface area (Å²) in [5, 5.41) is 20.1. The second-order valence-electron chi connectivity index (χ2n) is 6.22. The van der Waals surface area contributed by atoms with E-state index < -0.39 is 5.82 Å². The van der Waals surface area contributed by atoms with Crippen molar-refractivity contribution in [2.75, 3.05) is 6.54 Å². The highest BCUT2D eigenvalue weighted by Crippen LogP contribution is 2.30.